The minimum atomic E-state index is -1.05. The van der Waals surface area contributed by atoms with E-state index < -0.39 is 35.2 Å². The fourth-order valence-corrected chi connectivity index (χ4v) is 8.14. The smallest absolute Gasteiger partial charge is 0.292 e. The molecule has 0 unspecified atom stereocenters. The van der Waals surface area contributed by atoms with E-state index in [0.717, 1.165) is 16.2 Å². The molecule has 8 aromatic rings. The first kappa shape index (κ1) is 49.7. The zero-order chi connectivity index (χ0) is 50.4. The predicted molar refractivity (Wildman–Crippen MR) is 267 cm³/mol. The van der Waals surface area contributed by atoms with Crippen molar-refractivity contribution in [3.05, 3.63) is 191 Å². The first-order valence-electron chi connectivity index (χ1n) is 22.7. The number of nitrogens with zero attached hydrogens (tertiary/aromatic N) is 3. The lowest BCUT2D eigenvalue weighted by Gasteiger charge is -2.18. The van der Waals surface area contributed by atoms with Crippen LogP contribution in [0.1, 0.15) is 57.1 Å². The maximum atomic E-state index is 13.0. The fourth-order valence-electron chi connectivity index (χ4n) is 8.14. The summed E-state index contributed by atoms with van der Waals surface area (Å²) in [6.07, 6.45) is 0.975. The molecule has 0 aliphatic rings. The molecule has 4 amide bonds. The molecule has 16 heteroatoms. The molecule has 0 bridgehead atoms. The number of carbonyl (C=O) groups excluding carboxylic acids is 6. The van der Waals surface area contributed by atoms with E-state index >= 15 is 0 Å². The van der Waals surface area contributed by atoms with Crippen molar-refractivity contribution < 1.29 is 47.9 Å². The van der Waals surface area contributed by atoms with Crippen molar-refractivity contribution in [2.75, 3.05) is 20.3 Å². The van der Waals surface area contributed by atoms with Crippen LogP contribution in [0.25, 0.3) is 21.8 Å². The lowest BCUT2D eigenvalue weighted by Crippen LogP contribution is -2.34. The highest BCUT2D eigenvalue weighted by atomic mass is 16.7. The molecule has 0 saturated carbocycles. The molecular formula is C55H52N6O10. The monoisotopic (exact) mass is 956 g/mol. The van der Waals surface area contributed by atoms with Gasteiger partial charge in [0.2, 0.25) is 0 Å². The summed E-state index contributed by atoms with van der Waals surface area (Å²) < 4.78 is 15.6. The first-order chi connectivity index (χ1) is 34.4. The number of hydrogen-bond donors (Lipinski definition) is 3. The van der Waals surface area contributed by atoms with Crippen LogP contribution in [0.15, 0.2) is 158 Å². The zero-order valence-corrected chi connectivity index (χ0v) is 39.3. The Morgan fingerprint density at radius 2 is 0.930 bits per heavy atom. The number of Topliss-reactive ketones (excluding diaryl/α,β-unsaturated/α-hetero) is 2. The number of fused-ring (bicyclic) bond motifs is 2. The lowest BCUT2D eigenvalue weighted by molar-refractivity contribution is -0.154. The molecule has 8 rings (SSSR count). The summed E-state index contributed by atoms with van der Waals surface area (Å²) in [6.45, 7) is 4.10. The predicted octanol–water partition coefficient (Wildman–Crippen LogP) is 7.16. The summed E-state index contributed by atoms with van der Waals surface area (Å²) in [5, 5.41) is 1.98. The normalized spacial score (nSPS) is 10.7. The number of aromatic nitrogens is 2. The molecule has 0 saturated heterocycles. The third-order valence-electron chi connectivity index (χ3n) is 11.3. The summed E-state index contributed by atoms with van der Waals surface area (Å²) in [4.78, 5) is 85.5. The molecule has 0 radical (unpaired) electrons. The minimum absolute atomic E-state index is 0.197. The van der Waals surface area contributed by atoms with Crippen molar-refractivity contribution in [2.24, 2.45) is 11.5 Å². The Bertz CT molecular complexity index is 3190. The third-order valence-corrected chi connectivity index (χ3v) is 11.3. The number of hydrogen-bond acceptors (Lipinski definition) is 10. The SMILES string of the molecule is CCc1c(C(=O)C(N)=O)c2c(OCC(=O)N(C)Oc3ccccc3)cccc2n1Cc1ccccc1.CCc1c(C(=O)C(N)=O)c2c(OCC(=O)NOc3ccccc3)cccc2n1Cc1ccccc1. The Hall–Kier alpha value is -9.18. The van der Waals surface area contributed by atoms with Crippen LogP contribution < -0.4 is 36.1 Å². The molecule has 0 aliphatic carbocycles. The Morgan fingerprint density at radius 1 is 0.521 bits per heavy atom. The van der Waals surface area contributed by atoms with Crippen molar-refractivity contribution >= 4 is 57.0 Å². The number of rotatable bonds is 20. The van der Waals surface area contributed by atoms with Crippen LogP contribution in [-0.2, 0) is 45.1 Å². The third kappa shape index (κ3) is 11.8. The molecule has 2 aromatic heterocycles. The minimum Gasteiger partial charge on any atom is -0.483 e. The Morgan fingerprint density at radius 3 is 1.35 bits per heavy atom. The fraction of sp³-hybridized carbons (Fsp3) is 0.164. The van der Waals surface area contributed by atoms with Gasteiger partial charge in [-0.05, 0) is 72.5 Å². The van der Waals surface area contributed by atoms with Crippen LogP contribution in [0.5, 0.6) is 23.0 Å². The highest BCUT2D eigenvalue weighted by Gasteiger charge is 2.29. The van der Waals surface area contributed by atoms with E-state index in [-0.39, 0.29) is 24.3 Å². The van der Waals surface area contributed by atoms with E-state index in [2.05, 4.69) is 5.48 Å². The standard InChI is InChI=1S/C28H27N3O5.C27H25N3O5/c1-3-21-26(27(33)28(29)34)25-22(31(21)17-19-11-6-4-7-12-19)15-10-16-23(25)35-18-24(32)30(2)36-20-13-8-5-9-14-20;1-2-20-25(26(32)27(28)33)24-21(30(20)16-18-10-5-3-6-11-18)14-9-15-22(24)34-17-23(31)29-35-19-12-7-4-8-13-19/h4-16H,3,17-18H2,1-2H3,(H2,29,34);3-15H,2,16-17H2,1H3,(H2,28,33)(H,29,31). The number of carbonyl (C=O) groups is 6. The lowest BCUT2D eigenvalue weighted by atomic mass is 10.0. The van der Waals surface area contributed by atoms with E-state index in [1.165, 1.54) is 7.05 Å². The highest BCUT2D eigenvalue weighted by Crippen LogP contribution is 2.37. The molecule has 5 N–H and O–H groups in total. The molecule has 362 valence electrons. The summed E-state index contributed by atoms with van der Waals surface area (Å²) in [7, 11) is 1.49. The van der Waals surface area contributed by atoms with Gasteiger partial charge >= 0.3 is 0 Å². The largest absolute Gasteiger partial charge is 0.483 e. The Balaban J connectivity index is 0.000000209. The summed E-state index contributed by atoms with van der Waals surface area (Å²) in [6, 6.07) is 47.8. The zero-order valence-electron chi connectivity index (χ0n) is 39.3. The number of benzene rings is 6. The maximum absolute atomic E-state index is 13.0. The number of hydroxylamine groups is 3. The molecule has 2 heterocycles. The van der Waals surface area contributed by atoms with Gasteiger partial charge in [0, 0.05) is 31.5 Å². The maximum Gasteiger partial charge on any atom is 0.292 e. The van der Waals surface area contributed by atoms with Gasteiger partial charge in [0.15, 0.2) is 24.7 Å². The van der Waals surface area contributed by atoms with Crippen molar-refractivity contribution in [1.29, 1.82) is 0 Å². The number of likely N-dealkylation sites (N-methyl/N-ethyl adjacent to an activating group) is 1. The molecular weight excluding hydrogens is 905 g/mol. The van der Waals surface area contributed by atoms with Crippen LogP contribution in [0.4, 0.5) is 0 Å². The summed E-state index contributed by atoms with van der Waals surface area (Å²) in [5.74, 6) is -3.07. The van der Waals surface area contributed by atoms with Crippen LogP contribution in [0.3, 0.4) is 0 Å². The van der Waals surface area contributed by atoms with E-state index in [0.29, 0.717) is 82.1 Å². The number of primary amides is 2. The van der Waals surface area contributed by atoms with Crippen molar-refractivity contribution in [2.45, 2.75) is 39.8 Å². The summed E-state index contributed by atoms with van der Waals surface area (Å²) in [5.41, 5.74) is 18.3. The number of amides is 4. The number of ether oxygens (including phenoxy) is 2. The van der Waals surface area contributed by atoms with E-state index in [1.54, 1.807) is 72.8 Å². The molecule has 6 aromatic carbocycles. The molecule has 0 spiro atoms. The second-order valence-electron chi connectivity index (χ2n) is 16.0. The van der Waals surface area contributed by atoms with Crippen molar-refractivity contribution in [1.82, 2.24) is 19.7 Å². The van der Waals surface area contributed by atoms with E-state index in [1.807, 2.05) is 108 Å². The van der Waals surface area contributed by atoms with Gasteiger partial charge in [-0.15, -0.1) is 0 Å². The van der Waals surface area contributed by atoms with Crippen molar-refractivity contribution in [3.8, 4) is 23.0 Å². The van der Waals surface area contributed by atoms with E-state index in [9.17, 15) is 28.8 Å². The second-order valence-corrected chi connectivity index (χ2v) is 16.0. The van der Waals surface area contributed by atoms with E-state index in [4.69, 9.17) is 30.6 Å². The van der Waals surface area contributed by atoms with Gasteiger partial charge in [0.1, 0.15) is 11.5 Å². The van der Waals surface area contributed by atoms with Gasteiger partial charge in [0.05, 0.1) is 32.9 Å². The van der Waals surface area contributed by atoms with Crippen LogP contribution in [-0.4, -0.2) is 69.7 Å². The van der Waals surface area contributed by atoms with Gasteiger partial charge in [-0.1, -0.05) is 123 Å². The average Bonchev–Trinajstić information content (AvgIpc) is 3.89. The highest BCUT2D eigenvalue weighted by molar-refractivity contribution is 6.45. The molecule has 71 heavy (non-hydrogen) atoms. The van der Waals surface area contributed by atoms with Crippen LogP contribution >= 0.6 is 0 Å². The van der Waals surface area contributed by atoms with Crippen LogP contribution in [0, 0.1) is 0 Å². The second kappa shape index (κ2) is 23.2. The first-order valence-corrected chi connectivity index (χ1v) is 22.7. The van der Waals surface area contributed by atoms with Gasteiger partial charge < -0.3 is 39.8 Å². The van der Waals surface area contributed by atoms with Crippen molar-refractivity contribution in [3.63, 3.8) is 0 Å². The number of ketones is 2. The van der Waals surface area contributed by atoms with Gasteiger partial charge in [-0.25, -0.2) is 0 Å². The molecule has 0 atom stereocenters. The molecule has 0 fully saturated rings. The number of para-hydroxylation sites is 2. The Kier molecular flexibility index (Phi) is 16.3. The summed E-state index contributed by atoms with van der Waals surface area (Å²) >= 11 is 0. The quantitative estimate of drug-likeness (QED) is 0.0398. The van der Waals surface area contributed by atoms with Gasteiger partial charge in [-0.3, -0.25) is 28.8 Å². The average molecular weight is 957 g/mol. The topological polar surface area (TPSA) is 217 Å². The number of nitrogens with one attached hydrogen (secondary N) is 1. The van der Waals surface area contributed by atoms with Gasteiger partial charge in [0.25, 0.3) is 35.2 Å². The molecule has 16 nitrogen and oxygen atoms in total. The molecule has 0 aliphatic heterocycles. The number of nitrogens with two attached hydrogens (primary N) is 2. The van der Waals surface area contributed by atoms with Crippen LogP contribution in [0.2, 0.25) is 0 Å². The van der Waals surface area contributed by atoms with Gasteiger partial charge in [-0.2, -0.15) is 10.5 Å². The Labute approximate surface area is 409 Å².